The molecule has 0 bridgehead atoms. The number of aldehydes is 2. The van der Waals surface area contributed by atoms with Crippen molar-refractivity contribution >= 4 is 35.8 Å². The van der Waals surface area contributed by atoms with Gasteiger partial charge in [-0.05, 0) is 83.6 Å². The quantitative estimate of drug-likeness (QED) is 0.104. The maximum Gasteiger partial charge on any atom is 0.258 e. The summed E-state index contributed by atoms with van der Waals surface area (Å²) in [5.41, 5.74) is 8.73. The molecule has 7 rings (SSSR count). The van der Waals surface area contributed by atoms with Gasteiger partial charge in [-0.15, -0.1) is 0 Å². The molecule has 280 valence electrons. The number of halogens is 1. The lowest BCUT2D eigenvalue weighted by Crippen LogP contribution is -2.28. The molecule has 0 aliphatic carbocycles. The van der Waals surface area contributed by atoms with Gasteiger partial charge in [0.2, 0.25) is 0 Å². The van der Waals surface area contributed by atoms with Crippen LogP contribution in [0.2, 0.25) is 5.02 Å². The number of hydrogen-bond donors (Lipinski definition) is 0. The molecule has 1 aliphatic heterocycles. The molecule has 0 spiro atoms. The lowest BCUT2D eigenvalue weighted by atomic mass is 9.92. The Bertz CT molecular complexity index is 2630. The Morgan fingerprint density at radius 2 is 1.39 bits per heavy atom. The summed E-state index contributed by atoms with van der Waals surface area (Å²) in [7, 11) is 0. The van der Waals surface area contributed by atoms with Crippen LogP contribution in [0.15, 0.2) is 104 Å². The fraction of sp³-hybridized carbons (Fsp3) is 0.133. The second-order valence-corrected chi connectivity index (χ2v) is 13.6. The summed E-state index contributed by atoms with van der Waals surface area (Å²) in [5, 5.41) is 18.6. The van der Waals surface area contributed by atoms with E-state index in [2.05, 4.69) is 9.97 Å². The molecule has 6 aromatic rings. The molecule has 0 unspecified atom stereocenters. The standard InChI is InChI=1S/C45H32ClN5O6/c1-28-35(27-57-44-16-43(36(24-53)14-40(44)46)56-26-32-13-30(18-48)20-50-22-32)4-2-5-37(28)38-6-3-7-41-39(38)10-11-51(41)45(54)33-8-9-34(23-52)42(15-33)55-25-31-12-29(17-47)19-49-21-31/h2-9,12-16,19-24H,10-11,25-27H2,1H3. The number of anilines is 1. The maximum absolute atomic E-state index is 14.0. The van der Waals surface area contributed by atoms with E-state index in [1.165, 1.54) is 18.5 Å². The molecule has 2 aromatic heterocycles. The summed E-state index contributed by atoms with van der Waals surface area (Å²) in [6.07, 6.45) is 8.04. The van der Waals surface area contributed by atoms with Gasteiger partial charge in [0.25, 0.3) is 5.91 Å². The molecule has 12 heteroatoms. The fourth-order valence-corrected chi connectivity index (χ4v) is 6.91. The van der Waals surface area contributed by atoms with Gasteiger partial charge in [0, 0.05) is 59.8 Å². The maximum atomic E-state index is 14.0. The number of aromatic nitrogens is 2. The van der Waals surface area contributed by atoms with Crippen LogP contribution in [0.1, 0.15) is 70.0 Å². The molecule has 57 heavy (non-hydrogen) atoms. The fourth-order valence-electron chi connectivity index (χ4n) is 6.69. The average molecular weight is 774 g/mol. The summed E-state index contributed by atoms with van der Waals surface area (Å²) < 4.78 is 18.1. The first-order valence-corrected chi connectivity index (χ1v) is 18.1. The third kappa shape index (κ3) is 8.20. The van der Waals surface area contributed by atoms with E-state index >= 15 is 0 Å². The van der Waals surface area contributed by atoms with Crippen molar-refractivity contribution in [1.82, 2.24) is 9.97 Å². The van der Waals surface area contributed by atoms with Gasteiger partial charge in [0.15, 0.2) is 12.6 Å². The number of fused-ring (bicyclic) bond motifs is 1. The minimum absolute atomic E-state index is 0.0633. The van der Waals surface area contributed by atoms with Crippen LogP contribution >= 0.6 is 11.6 Å². The first kappa shape index (κ1) is 38.0. The SMILES string of the molecule is Cc1c(COc2cc(OCc3cncc(C#N)c3)c(C=O)cc2Cl)cccc1-c1cccc2c1CCN2C(=O)c1ccc(C=O)c(OCc2cncc(C#N)c2)c1. The predicted molar refractivity (Wildman–Crippen MR) is 212 cm³/mol. The van der Waals surface area contributed by atoms with Crippen LogP contribution in [0.25, 0.3) is 11.1 Å². The molecule has 4 aromatic carbocycles. The highest BCUT2D eigenvalue weighted by Crippen LogP contribution is 2.40. The zero-order valence-electron chi connectivity index (χ0n) is 30.6. The van der Waals surface area contributed by atoms with Crippen LogP contribution in [0.3, 0.4) is 0 Å². The number of rotatable bonds is 13. The molecule has 0 N–H and O–H groups in total. The number of carbonyl (C=O) groups is 3. The Labute approximate surface area is 333 Å². The third-order valence-corrected chi connectivity index (χ3v) is 9.90. The van der Waals surface area contributed by atoms with Gasteiger partial charge in [-0.2, -0.15) is 10.5 Å². The highest BCUT2D eigenvalue weighted by molar-refractivity contribution is 6.32. The second-order valence-electron chi connectivity index (χ2n) is 13.2. The Morgan fingerprint density at radius 3 is 2.05 bits per heavy atom. The number of pyridine rings is 2. The first-order valence-electron chi connectivity index (χ1n) is 17.8. The summed E-state index contributed by atoms with van der Waals surface area (Å²) in [5.74, 6) is 0.638. The van der Waals surface area contributed by atoms with Crippen molar-refractivity contribution < 1.29 is 28.6 Å². The van der Waals surface area contributed by atoms with Gasteiger partial charge < -0.3 is 19.1 Å². The molecule has 0 saturated carbocycles. The zero-order valence-corrected chi connectivity index (χ0v) is 31.3. The van der Waals surface area contributed by atoms with E-state index in [1.54, 1.807) is 53.7 Å². The Hall–Kier alpha value is -7.34. The lowest BCUT2D eigenvalue weighted by Gasteiger charge is -2.20. The molecular formula is C45H32ClN5O6. The van der Waals surface area contributed by atoms with E-state index in [9.17, 15) is 24.9 Å². The van der Waals surface area contributed by atoms with Crippen LogP contribution in [-0.2, 0) is 26.2 Å². The Morgan fingerprint density at radius 1 is 0.754 bits per heavy atom. The zero-order chi connectivity index (χ0) is 39.9. The lowest BCUT2D eigenvalue weighted by molar-refractivity contribution is 0.0987. The second kappa shape index (κ2) is 17.0. The number of amides is 1. The molecular weight excluding hydrogens is 742 g/mol. The number of carbonyl (C=O) groups excluding carboxylic acids is 3. The largest absolute Gasteiger partial charge is 0.488 e. The van der Waals surface area contributed by atoms with Crippen LogP contribution in [0.5, 0.6) is 17.2 Å². The molecule has 0 radical (unpaired) electrons. The summed E-state index contributed by atoms with van der Waals surface area (Å²) in [6.45, 7) is 2.80. The van der Waals surface area contributed by atoms with Crippen molar-refractivity contribution in [2.45, 2.75) is 33.2 Å². The molecule has 3 heterocycles. The van der Waals surface area contributed by atoms with Crippen molar-refractivity contribution in [3.8, 4) is 40.5 Å². The number of nitrogens with zero attached hydrogens (tertiary/aromatic N) is 5. The predicted octanol–water partition coefficient (Wildman–Crippen LogP) is 8.41. The minimum Gasteiger partial charge on any atom is -0.488 e. The minimum atomic E-state index is -0.228. The van der Waals surface area contributed by atoms with Gasteiger partial charge in [-0.1, -0.05) is 41.9 Å². The van der Waals surface area contributed by atoms with E-state index in [0.717, 1.165) is 33.5 Å². The molecule has 0 fully saturated rings. The van der Waals surface area contributed by atoms with E-state index in [4.69, 9.17) is 25.8 Å². The molecule has 0 atom stereocenters. The van der Waals surface area contributed by atoms with Gasteiger partial charge >= 0.3 is 0 Å². The van der Waals surface area contributed by atoms with Gasteiger partial charge in [-0.3, -0.25) is 24.4 Å². The van der Waals surface area contributed by atoms with E-state index in [0.29, 0.717) is 64.7 Å². The van der Waals surface area contributed by atoms with E-state index in [1.807, 2.05) is 55.5 Å². The van der Waals surface area contributed by atoms with Gasteiger partial charge in [0.05, 0.1) is 27.3 Å². The summed E-state index contributed by atoms with van der Waals surface area (Å²) in [4.78, 5) is 47.5. The van der Waals surface area contributed by atoms with Crippen molar-refractivity contribution in [1.29, 1.82) is 10.5 Å². The summed E-state index contributed by atoms with van der Waals surface area (Å²) in [6, 6.07) is 27.1. The van der Waals surface area contributed by atoms with Crippen molar-refractivity contribution in [2.24, 2.45) is 0 Å². The topological polar surface area (TPSA) is 156 Å². The molecule has 1 amide bonds. The monoisotopic (exact) mass is 773 g/mol. The van der Waals surface area contributed by atoms with E-state index in [-0.39, 0.29) is 47.8 Å². The Kier molecular flexibility index (Phi) is 11.3. The third-order valence-electron chi connectivity index (χ3n) is 9.61. The number of benzene rings is 4. The smallest absolute Gasteiger partial charge is 0.258 e. The number of hydrogen-bond acceptors (Lipinski definition) is 10. The number of nitriles is 2. The van der Waals surface area contributed by atoms with E-state index < -0.39 is 0 Å². The van der Waals surface area contributed by atoms with Crippen LogP contribution < -0.4 is 19.1 Å². The van der Waals surface area contributed by atoms with Crippen molar-refractivity contribution in [2.75, 3.05) is 11.4 Å². The normalized spacial score (nSPS) is 11.5. The average Bonchev–Trinajstić information content (AvgIpc) is 3.69. The first-order chi connectivity index (χ1) is 27.8. The van der Waals surface area contributed by atoms with Crippen LogP contribution in [0, 0.1) is 29.6 Å². The van der Waals surface area contributed by atoms with Crippen molar-refractivity contribution in [3.63, 3.8) is 0 Å². The molecule has 1 aliphatic rings. The molecule has 0 saturated heterocycles. The Balaban J connectivity index is 1.09. The van der Waals surface area contributed by atoms with Crippen molar-refractivity contribution in [3.05, 3.63) is 164 Å². The molecule has 11 nitrogen and oxygen atoms in total. The van der Waals surface area contributed by atoms with Crippen LogP contribution in [-0.4, -0.2) is 35.0 Å². The number of ether oxygens (including phenoxy) is 3. The van der Waals surface area contributed by atoms with Gasteiger partial charge in [0.1, 0.15) is 49.2 Å². The highest BCUT2D eigenvalue weighted by Gasteiger charge is 2.29. The highest BCUT2D eigenvalue weighted by atomic mass is 35.5. The summed E-state index contributed by atoms with van der Waals surface area (Å²) >= 11 is 6.54. The van der Waals surface area contributed by atoms with Crippen LogP contribution in [0.4, 0.5) is 5.69 Å². The van der Waals surface area contributed by atoms with Gasteiger partial charge in [-0.25, -0.2) is 0 Å².